The quantitative estimate of drug-likeness (QED) is 0.861. The predicted molar refractivity (Wildman–Crippen MR) is 90.5 cm³/mol. The van der Waals surface area contributed by atoms with Gasteiger partial charge in [0, 0.05) is 19.6 Å². The Kier molecular flexibility index (Phi) is 3.65. The van der Waals surface area contributed by atoms with E-state index < -0.39 is 5.60 Å². The van der Waals surface area contributed by atoms with Crippen LogP contribution in [0.4, 0.5) is 16.3 Å². The average molecular weight is 318 g/mol. The summed E-state index contributed by atoms with van der Waals surface area (Å²) in [5, 5.41) is 0. The lowest BCUT2D eigenvalue weighted by Crippen LogP contribution is -2.58. The summed E-state index contributed by atoms with van der Waals surface area (Å²) in [5.74, 6) is 0.572. The third-order valence-electron chi connectivity index (χ3n) is 4.56. The third kappa shape index (κ3) is 3.21. The summed E-state index contributed by atoms with van der Waals surface area (Å²) in [6.07, 6.45) is 3.69. The maximum Gasteiger partial charge on any atom is 0.410 e. The van der Waals surface area contributed by atoms with Crippen LogP contribution in [-0.2, 0) is 4.74 Å². The fourth-order valence-electron chi connectivity index (χ4n) is 3.12. The van der Waals surface area contributed by atoms with Crippen LogP contribution in [0.5, 0.6) is 0 Å². The van der Waals surface area contributed by atoms with Crippen molar-refractivity contribution in [2.45, 2.75) is 51.7 Å². The zero-order valence-corrected chi connectivity index (χ0v) is 14.4. The van der Waals surface area contributed by atoms with Gasteiger partial charge in [0.15, 0.2) is 0 Å². The van der Waals surface area contributed by atoms with E-state index in [2.05, 4.69) is 16.0 Å². The molecule has 2 heterocycles. The van der Waals surface area contributed by atoms with Gasteiger partial charge in [-0.25, -0.2) is 9.78 Å². The first-order chi connectivity index (χ1) is 10.7. The van der Waals surface area contributed by atoms with Crippen LogP contribution in [0, 0.1) is 6.92 Å². The molecule has 1 aromatic rings. The van der Waals surface area contributed by atoms with Crippen molar-refractivity contribution in [3.8, 4) is 0 Å². The molecule has 1 saturated carbocycles. The molecule has 0 aromatic carbocycles. The van der Waals surface area contributed by atoms with Crippen molar-refractivity contribution < 1.29 is 9.53 Å². The highest BCUT2D eigenvalue weighted by Crippen LogP contribution is 2.45. The molecular weight excluding hydrogens is 292 g/mol. The van der Waals surface area contributed by atoms with Crippen LogP contribution in [0.25, 0.3) is 0 Å². The van der Waals surface area contributed by atoms with Crippen LogP contribution >= 0.6 is 0 Å². The number of anilines is 2. The molecule has 2 aliphatic rings. The molecule has 1 aliphatic carbocycles. The van der Waals surface area contributed by atoms with Crippen LogP contribution < -0.4 is 10.6 Å². The fourth-order valence-corrected chi connectivity index (χ4v) is 3.12. The summed E-state index contributed by atoms with van der Waals surface area (Å²) in [5.41, 5.74) is 7.34. The zero-order chi connectivity index (χ0) is 16.8. The number of piperazine rings is 1. The molecule has 1 spiro atoms. The number of ether oxygens (including phenoxy) is 1. The van der Waals surface area contributed by atoms with Gasteiger partial charge in [-0.2, -0.15) is 0 Å². The van der Waals surface area contributed by atoms with Gasteiger partial charge in [-0.3, -0.25) is 4.90 Å². The SMILES string of the molecule is Cc1cc(N2CCN(C(=O)OC(C)(C)C)C3(CC3)C2)cnc1N. The lowest BCUT2D eigenvalue weighted by molar-refractivity contribution is 0.0106. The highest BCUT2D eigenvalue weighted by Gasteiger charge is 2.54. The van der Waals surface area contributed by atoms with Crippen LogP contribution in [0.3, 0.4) is 0 Å². The Labute approximate surface area is 137 Å². The number of carbonyl (C=O) groups is 1. The van der Waals surface area contributed by atoms with E-state index in [9.17, 15) is 4.79 Å². The minimum atomic E-state index is -0.456. The molecule has 0 radical (unpaired) electrons. The van der Waals surface area contributed by atoms with E-state index in [1.807, 2.05) is 38.8 Å². The van der Waals surface area contributed by atoms with Gasteiger partial charge in [0.1, 0.15) is 11.4 Å². The summed E-state index contributed by atoms with van der Waals surface area (Å²) < 4.78 is 5.57. The van der Waals surface area contributed by atoms with E-state index in [1.165, 1.54) is 0 Å². The molecule has 1 aromatic heterocycles. The van der Waals surface area contributed by atoms with E-state index in [0.29, 0.717) is 12.4 Å². The minimum Gasteiger partial charge on any atom is -0.444 e. The Morgan fingerprint density at radius 1 is 1.35 bits per heavy atom. The monoisotopic (exact) mass is 318 g/mol. The Hall–Kier alpha value is -1.98. The summed E-state index contributed by atoms with van der Waals surface area (Å²) >= 11 is 0. The maximum atomic E-state index is 12.5. The highest BCUT2D eigenvalue weighted by atomic mass is 16.6. The van der Waals surface area contributed by atoms with Crippen LogP contribution in [0.15, 0.2) is 12.3 Å². The van der Waals surface area contributed by atoms with E-state index in [4.69, 9.17) is 10.5 Å². The van der Waals surface area contributed by atoms with Crippen molar-refractivity contribution >= 4 is 17.6 Å². The van der Waals surface area contributed by atoms with Gasteiger partial charge in [0.25, 0.3) is 0 Å². The molecule has 1 aliphatic heterocycles. The number of aryl methyl sites for hydroxylation is 1. The van der Waals surface area contributed by atoms with Crippen molar-refractivity contribution in [1.29, 1.82) is 0 Å². The first kappa shape index (κ1) is 15.9. The Morgan fingerprint density at radius 2 is 2.04 bits per heavy atom. The van der Waals surface area contributed by atoms with Gasteiger partial charge in [0.2, 0.25) is 0 Å². The van der Waals surface area contributed by atoms with E-state index in [-0.39, 0.29) is 11.6 Å². The Balaban J connectivity index is 1.73. The summed E-state index contributed by atoms with van der Waals surface area (Å²) in [4.78, 5) is 20.9. The summed E-state index contributed by atoms with van der Waals surface area (Å²) in [6.45, 7) is 9.98. The first-order valence-corrected chi connectivity index (χ1v) is 8.18. The Bertz CT molecular complexity index is 620. The number of hydrogen-bond acceptors (Lipinski definition) is 5. The minimum absolute atomic E-state index is 0.0735. The number of rotatable bonds is 1. The number of carbonyl (C=O) groups excluding carboxylic acids is 1. The number of nitrogens with zero attached hydrogens (tertiary/aromatic N) is 3. The van der Waals surface area contributed by atoms with Crippen molar-refractivity contribution in [1.82, 2.24) is 9.88 Å². The highest BCUT2D eigenvalue weighted by molar-refractivity contribution is 5.71. The number of amides is 1. The molecule has 6 nitrogen and oxygen atoms in total. The second-order valence-electron chi connectivity index (χ2n) is 7.67. The second kappa shape index (κ2) is 5.28. The molecule has 6 heteroatoms. The molecule has 0 atom stereocenters. The van der Waals surface area contributed by atoms with E-state index in [1.54, 1.807) is 0 Å². The van der Waals surface area contributed by atoms with Gasteiger partial charge in [0.05, 0.1) is 17.4 Å². The number of aromatic nitrogens is 1. The van der Waals surface area contributed by atoms with Gasteiger partial charge < -0.3 is 15.4 Å². The maximum absolute atomic E-state index is 12.5. The molecule has 2 fully saturated rings. The van der Waals surface area contributed by atoms with Gasteiger partial charge >= 0.3 is 6.09 Å². The standard InChI is InChI=1S/C17H26N4O2/c1-12-9-13(10-19-14(12)18)20-7-8-21(17(11-20)5-6-17)15(22)23-16(2,3)4/h9-10H,5-8,11H2,1-4H3,(H2,18,19). The van der Waals surface area contributed by atoms with Crippen molar-refractivity contribution in [2.75, 3.05) is 30.3 Å². The number of nitrogens with two attached hydrogens (primary N) is 1. The lowest BCUT2D eigenvalue weighted by Gasteiger charge is -2.43. The normalized spacial score (nSPS) is 19.8. The molecule has 2 N–H and O–H groups in total. The predicted octanol–water partition coefficient (Wildman–Crippen LogP) is 2.56. The van der Waals surface area contributed by atoms with Crippen molar-refractivity contribution in [2.24, 2.45) is 0 Å². The summed E-state index contributed by atoms with van der Waals surface area (Å²) in [7, 11) is 0. The summed E-state index contributed by atoms with van der Waals surface area (Å²) in [6, 6.07) is 2.07. The van der Waals surface area contributed by atoms with Gasteiger partial charge in [-0.15, -0.1) is 0 Å². The molecule has 0 unspecified atom stereocenters. The van der Waals surface area contributed by atoms with Crippen LogP contribution in [0.1, 0.15) is 39.2 Å². The van der Waals surface area contributed by atoms with Gasteiger partial charge in [-0.05, 0) is 52.2 Å². The zero-order valence-electron chi connectivity index (χ0n) is 14.4. The van der Waals surface area contributed by atoms with Crippen LogP contribution in [-0.4, -0.2) is 46.8 Å². The fraction of sp³-hybridized carbons (Fsp3) is 0.647. The third-order valence-corrected chi connectivity index (χ3v) is 4.56. The Morgan fingerprint density at radius 3 is 2.61 bits per heavy atom. The molecule has 1 amide bonds. The molecular formula is C17H26N4O2. The lowest BCUT2D eigenvalue weighted by atomic mass is 10.1. The number of nitrogen functional groups attached to an aromatic ring is 1. The molecule has 0 bridgehead atoms. The number of pyridine rings is 1. The average Bonchev–Trinajstić information content (AvgIpc) is 3.19. The number of hydrogen-bond donors (Lipinski definition) is 1. The van der Waals surface area contributed by atoms with Crippen LogP contribution in [0.2, 0.25) is 0 Å². The van der Waals surface area contributed by atoms with Crippen molar-refractivity contribution in [3.05, 3.63) is 17.8 Å². The van der Waals surface area contributed by atoms with E-state index in [0.717, 1.165) is 37.2 Å². The largest absolute Gasteiger partial charge is 0.444 e. The van der Waals surface area contributed by atoms with Crippen molar-refractivity contribution in [3.63, 3.8) is 0 Å². The topological polar surface area (TPSA) is 71.7 Å². The first-order valence-electron chi connectivity index (χ1n) is 8.18. The van der Waals surface area contributed by atoms with Gasteiger partial charge in [-0.1, -0.05) is 0 Å². The van der Waals surface area contributed by atoms with E-state index >= 15 is 0 Å². The molecule has 1 saturated heterocycles. The smallest absolute Gasteiger partial charge is 0.410 e. The second-order valence-corrected chi connectivity index (χ2v) is 7.67. The molecule has 3 rings (SSSR count). The molecule has 126 valence electrons. The molecule has 23 heavy (non-hydrogen) atoms.